The van der Waals surface area contributed by atoms with Gasteiger partial charge in [0.15, 0.2) is 0 Å². The Morgan fingerprint density at radius 1 is 1.17 bits per heavy atom. The van der Waals surface area contributed by atoms with Crippen LogP contribution < -0.4 is 5.43 Å². The number of hydrogen-bond acceptors (Lipinski definition) is 3. The van der Waals surface area contributed by atoms with Gasteiger partial charge in [0.1, 0.15) is 0 Å². The van der Waals surface area contributed by atoms with E-state index >= 15 is 0 Å². The fraction of sp³-hybridized carbons (Fsp3) is 0.0667. The molecule has 0 aromatic heterocycles. The molecule has 0 spiro atoms. The minimum Gasteiger partial charge on any atom is -0.278 e. The van der Waals surface area contributed by atoms with Crippen LogP contribution in [0, 0.1) is 18.3 Å². The average Bonchev–Trinajstić information content (AvgIpc) is 2.40. The van der Waals surface area contributed by atoms with Gasteiger partial charge in [0.05, 0.1) is 23.5 Å². The Kier molecular flexibility index (Phi) is 3.72. The zero-order valence-corrected chi connectivity index (χ0v) is 10.1. The molecule has 0 aliphatic heterocycles. The van der Waals surface area contributed by atoms with E-state index in [-0.39, 0.29) is 0 Å². The van der Waals surface area contributed by atoms with E-state index in [4.69, 9.17) is 5.26 Å². The highest BCUT2D eigenvalue weighted by Crippen LogP contribution is 2.09. The second-order valence-corrected chi connectivity index (χ2v) is 3.97. The Morgan fingerprint density at radius 3 is 2.61 bits per heavy atom. The van der Waals surface area contributed by atoms with Crippen LogP contribution in [0.25, 0.3) is 0 Å². The van der Waals surface area contributed by atoms with E-state index in [0.29, 0.717) is 5.56 Å². The molecule has 0 bridgehead atoms. The van der Waals surface area contributed by atoms with Gasteiger partial charge in [-0.3, -0.25) is 5.43 Å². The molecule has 2 aromatic rings. The molecule has 88 valence electrons. The summed E-state index contributed by atoms with van der Waals surface area (Å²) in [5.74, 6) is 0. The maximum atomic E-state index is 8.68. The molecule has 18 heavy (non-hydrogen) atoms. The van der Waals surface area contributed by atoms with Crippen LogP contribution in [-0.2, 0) is 0 Å². The van der Waals surface area contributed by atoms with Gasteiger partial charge >= 0.3 is 0 Å². The van der Waals surface area contributed by atoms with Crippen LogP contribution in [0.4, 0.5) is 5.69 Å². The van der Waals surface area contributed by atoms with Crippen LogP contribution in [-0.4, -0.2) is 6.21 Å². The van der Waals surface area contributed by atoms with Crippen molar-refractivity contribution in [3.8, 4) is 6.07 Å². The van der Waals surface area contributed by atoms with E-state index in [9.17, 15) is 0 Å². The second kappa shape index (κ2) is 5.65. The highest BCUT2D eigenvalue weighted by Gasteiger charge is 1.91. The van der Waals surface area contributed by atoms with Crippen LogP contribution in [0.2, 0.25) is 0 Å². The van der Waals surface area contributed by atoms with Crippen molar-refractivity contribution in [2.24, 2.45) is 5.10 Å². The van der Waals surface area contributed by atoms with Gasteiger partial charge in [-0.1, -0.05) is 24.3 Å². The molecule has 0 saturated heterocycles. The number of nitriles is 1. The lowest BCUT2D eigenvalue weighted by molar-refractivity contribution is 1.33. The van der Waals surface area contributed by atoms with Gasteiger partial charge in [-0.25, -0.2) is 0 Å². The van der Waals surface area contributed by atoms with Gasteiger partial charge < -0.3 is 0 Å². The average molecular weight is 235 g/mol. The summed E-state index contributed by atoms with van der Waals surface area (Å²) in [6.45, 7) is 2.04. The minimum atomic E-state index is 0.652. The third-order valence-electron chi connectivity index (χ3n) is 2.47. The molecule has 1 N–H and O–H groups in total. The number of hydrogen-bond donors (Lipinski definition) is 1. The van der Waals surface area contributed by atoms with Crippen molar-refractivity contribution in [3.05, 3.63) is 65.2 Å². The summed E-state index contributed by atoms with van der Waals surface area (Å²) >= 11 is 0. The first-order valence-corrected chi connectivity index (χ1v) is 5.64. The summed E-state index contributed by atoms with van der Waals surface area (Å²) in [7, 11) is 0. The lowest BCUT2D eigenvalue weighted by Gasteiger charge is -2.00. The van der Waals surface area contributed by atoms with Gasteiger partial charge in [-0.15, -0.1) is 0 Å². The molecule has 0 radical (unpaired) electrons. The summed E-state index contributed by atoms with van der Waals surface area (Å²) in [5, 5.41) is 12.8. The Balaban J connectivity index is 2.01. The SMILES string of the molecule is Cc1cccc(N/N=C\c2ccc(C#N)cc2)c1. The van der Waals surface area contributed by atoms with Crippen molar-refractivity contribution in [2.75, 3.05) is 5.43 Å². The quantitative estimate of drug-likeness (QED) is 0.655. The van der Waals surface area contributed by atoms with E-state index in [1.165, 1.54) is 5.56 Å². The molecule has 0 fully saturated rings. The molecule has 0 unspecified atom stereocenters. The van der Waals surface area contributed by atoms with Gasteiger partial charge in [0.2, 0.25) is 0 Å². The lowest BCUT2D eigenvalue weighted by Crippen LogP contribution is -1.90. The van der Waals surface area contributed by atoms with Crippen molar-refractivity contribution in [1.82, 2.24) is 0 Å². The Hall–Kier alpha value is -2.60. The van der Waals surface area contributed by atoms with Crippen LogP contribution >= 0.6 is 0 Å². The van der Waals surface area contributed by atoms with Crippen molar-refractivity contribution in [2.45, 2.75) is 6.92 Å². The van der Waals surface area contributed by atoms with E-state index < -0.39 is 0 Å². The Bertz CT molecular complexity index is 592. The van der Waals surface area contributed by atoms with Gasteiger partial charge in [0.25, 0.3) is 0 Å². The molecule has 0 aliphatic carbocycles. The zero-order valence-electron chi connectivity index (χ0n) is 10.1. The van der Waals surface area contributed by atoms with Crippen molar-refractivity contribution < 1.29 is 0 Å². The lowest BCUT2D eigenvalue weighted by atomic mass is 10.2. The molecule has 2 rings (SSSR count). The topological polar surface area (TPSA) is 48.2 Å². The fourth-order valence-corrected chi connectivity index (χ4v) is 1.54. The maximum absolute atomic E-state index is 8.68. The highest BCUT2D eigenvalue weighted by atomic mass is 15.3. The van der Waals surface area contributed by atoms with E-state index in [1.807, 2.05) is 43.3 Å². The first kappa shape index (κ1) is 11.9. The van der Waals surface area contributed by atoms with Gasteiger partial charge in [0, 0.05) is 0 Å². The van der Waals surface area contributed by atoms with E-state index in [1.54, 1.807) is 18.3 Å². The maximum Gasteiger partial charge on any atom is 0.0991 e. The molecule has 0 atom stereocenters. The number of rotatable bonds is 3. The van der Waals surface area contributed by atoms with E-state index in [0.717, 1.165) is 11.3 Å². The number of benzene rings is 2. The molecule has 0 amide bonds. The van der Waals surface area contributed by atoms with Crippen molar-refractivity contribution in [3.63, 3.8) is 0 Å². The van der Waals surface area contributed by atoms with Crippen molar-refractivity contribution >= 4 is 11.9 Å². The Morgan fingerprint density at radius 2 is 1.94 bits per heavy atom. The number of anilines is 1. The highest BCUT2D eigenvalue weighted by molar-refractivity contribution is 5.80. The smallest absolute Gasteiger partial charge is 0.0991 e. The van der Waals surface area contributed by atoms with Crippen LogP contribution in [0.5, 0.6) is 0 Å². The largest absolute Gasteiger partial charge is 0.278 e. The molecular formula is C15H13N3. The normalized spacial score (nSPS) is 10.2. The minimum absolute atomic E-state index is 0.652. The van der Waals surface area contributed by atoms with Crippen LogP contribution in [0.3, 0.4) is 0 Å². The number of nitrogens with one attached hydrogen (secondary N) is 1. The van der Waals surface area contributed by atoms with Gasteiger partial charge in [-0.05, 0) is 42.3 Å². The first-order valence-electron chi connectivity index (χ1n) is 5.64. The number of aryl methyl sites for hydroxylation is 1. The predicted molar refractivity (Wildman–Crippen MR) is 73.6 cm³/mol. The summed E-state index contributed by atoms with van der Waals surface area (Å²) in [5.41, 5.74) is 6.72. The number of hydrazone groups is 1. The van der Waals surface area contributed by atoms with Crippen molar-refractivity contribution in [1.29, 1.82) is 5.26 Å². The molecule has 3 heteroatoms. The molecule has 2 aromatic carbocycles. The zero-order chi connectivity index (χ0) is 12.8. The third-order valence-corrected chi connectivity index (χ3v) is 2.47. The van der Waals surface area contributed by atoms with Gasteiger partial charge in [-0.2, -0.15) is 10.4 Å². The first-order chi connectivity index (χ1) is 8.78. The van der Waals surface area contributed by atoms with Crippen LogP contribution in [0.15, 0.2) is 53.6 Å². The third kappa shape index (κ3) is 3.19. The number of nitrogens with zero attached hydrogens (tertiary/aromatic N) is 2. The summed E-state index contributed by atoms with van der Waals surface area (Å²) in [6.07, 6.45) is 1.73. The molecule has 0 aliphatic rings. The van der Waals surface area contributed by atoms with E-state index in [2.05, 4.69) is 16.6 Å². The molecule has 3 nitrogen and oxygen atoms in total. The fourth-order valence-electron chi connectivity index (χ4n) is 1.54. The molecule has 0 heterocycles. The molecular weight excluding hydrogens is 222 g/mol. The molecule has 0 saturated carbocycles. The summed E-state index contributed by atoms with van der Waals surface area (Å²) in [6, 6.07) is 17.4. The standard InChI is InChI=1S/C15H13N3/c1-12-3-2-4-15(9-12)18-17-11-14-7-5-13(10-16)6-8-14/h2-9,11,18H,1H3/b17-11-. The predicted octanol–water partition coefficient (Wildman–Crippen LogP) is 3.31. The second-order valence-electron chi connectivity index (χ2n) is 3.97. The summed E-state index contributed by atoms with van der Waals surface area (Å²) in [4.78, 5) is 0. The summed E-state index contributed by atoms with van der Waals surface area (Å²) < 4.78 is 0. The van der Waals surface area contributed by atoms with Crippen LogP contribution in [0.1, 0.15) is 16.7 Å². The monoisotopic (exact) mass is 235 g/mol. The Labute approximate surface area is 106 Å².